The van der Waals surface area contributed by atoms with E-state index in [1.165, 1.54) is 12.7 Å². The number of methoxy groups -OCH3 is 1. The zero-order valence-corrected chi connectivity index (χ0v) is 15.2. The van der Waals surface area contributed by atoms with Crippen molar-refractivity contribution in [2.24, 2.45) is 5.92 Å². The maximum Gasteiger partial charge on any atom is 0.338 e. The molecule has 1 aliphatic heterocycles. The summed E-state index contributed by atoms with van der Waals surface area (Å²) in [5.74, 6) is -0.640. The van der Waals surface area contributed by atoms with E-state index in [9.17, 15) is 9.59 Å². The van der Waals surface area contributed by atoms with Crippen LogP contribution in [0.15, 0.2) is 48.6 Å². The van der Waals surface area contributed by atoms with Gasteiger partial charge in [0.25, 0.3) is 0 Å². The molecule has 0 bridgehead atoms. The van der Waals surface area contributed by atoms with Gasteiger partial charge in [-0.1, -0.05) is 30.4 Å². The summed E-state index contributed by atoms with van der Waals surface area (Å²) in [5.41, 5.74) is 4.93. The number of ether oxygens (including phenoxy) is 1. The third kappa shape index (κ3) is 2.79. The third-order valence-electron chi connectivity index (χ3n) is 5.72. The number of aromatic carboxylic acids is 1. The highest BCUT2D eigenvalue weighted by Gasteiger charge is 2.39. The van der Waals surface area contributed by atoms with Gasteiger partial charge in [0.15, 0.2) is 0 Å². The number of benzene rings is 2. The number of carboxylic acids is 1. The molecule has 0 saturated heterocycles. The van der Waals surface area contributed by atoms with Gasteiger partial charge in [0.05, 0.1) is 24.3 Å². The Bertz CT molecular complexity index is 946. The number of anilines is 1. The van der Waals surface area contributed by atoms with Gasteiger partial charge in [-0.2, -0.15) is 0 Å². The first-order valence-electron chi connectivity index (χ1n) is 8.99. The molecule has 5 heteroatoms. The highest BCUT2D eigenvalue weighted by Crippen LogP contribution is 2.51. The molecular weight excluding hydrogens is 342 g/mol. The first kappa shape index (κ1) is 17.3. The quantitative estimate of drug-likeness (QED) is 0.628. The van der Waals surface area contributed by atoms with Crippen molar-refractivity contribution in [1.29, 1.82) is 0 Å². The average Bonchev–Trinajstić information content (AvgIpc) is 3.17. The Labute approximate surface area is 157 Å². The van der Waals surface area contributed by atoms with E-state index >= 15 is 0 Å². The number of hydrogen-bond acceptors (Lipinski definition) is 4. The van der Waals surface area contributed by atoms with E-state index in [0.717, 1.165) is 23.2 Å². The first-order chi connectivity index (χ1) is 13.0. The summed E-state index contributed by atoms with van der Waals surface area (Å²) >= 11 is 0. The lowest BCUT2D eigenvalue weighted by Crippen LogP contribution is -2.30. The topological polar surface area (TPSA) is 75.6 Å². The van der Waals surface area contributed by atoms with E-state index in [1.54, 1.807) is 12.1 Å². The van der Waals surface area contributed by atoms with Crippen molar-refractivity contribution in [3.63, 3.8) is 0 Å². The van der Waals surface area contributed by atoms with Crippen LogP contribution < -0.4 is 5.32 Å². The number of nitrogens with one attached hydrogen (secondary N) is 1. The predicted molar refractivity (Wildman–Crippen MR) is 102 cm³/mol. The Morgan fingerprint density at radius 1 is 1.15 bits per heavy atom. The zero-order chi connectivity index (χ0) is 19.1. The molecule has 0 radical (unpaired) electrons. The largest absolute Gasteiger partial charge is 0.478 e. The maximum atomic E-state index is 12.1. The van der Waals surface area contributed by atoms with E-state index in [2.05, 4.69) is 17.5 Å². The van der Waals surface area contributed by atoms with Crippen LogP contribution in [0.2, 0.25) is 0 Å². The molecule has 1 aliphatic carbocycles. The second-order valence-corrected chi connectivity index (χ2v) is 7.10. The number of rotatable bonds is 3. The highest BCUT2D eigenvalue weighted by atomic mass is 16.5. The molecular formula is C22H21NO4. The summed E-state index contributed by atoms with van der Waals surface area (Å²) in [4.78, 5) is 23.2. The van der Waals surface area contributed by atoms with Gasteiger partial charge in [0.2, 0.25) is 0 Å². The molecule has 0 fully saturated rings. The molecule has 5 nitrogen and oxygen atoms in total. The molecule has 0 amide bonds. The molecule has 3 unspecified atom stereocenters. The summed E-state index contributed by atoms with van der Waals surface area (Å²) in [6, 6.07) is 10.9. The normalized spacial score (nSPS) is 22.5. The van der Waals surface area contributed by atoms with Crippen LogP contribution in [-0.4, -0.2) is 24.2 Å². The van der Waals surface area contributed by atoms with Crippen LogP contribution in [0.3, 0.4) is 0 Å². The zero-order valence-electron chi connectivity index (χ0n) is 15.2. The monoisotopic (exact) mass is 363 g/mol. The molecule has 27 heavy (non-hydrogen) atoms. The summed E-state index contributed by atoms with van der Waals surface area (Å²) in [6.45, 7) is 1.93. The van der Waals surface area contributed by atoms with Crippen LogP contribution in [0.25, 0.3) is 0 Å². The van der Waals surface area contributed by atoms with Gasteiger partial charge in [-0.15, -0.1) is 0 Å². The van der Waals surface area contributed by atoms with Crippen molar-refractivity contribution in [1.82, 2.24) is 0 Å². The minimum absolute atomic E-state index is 0.0481. The van der Waals surface area contributed by atoms with Crippen LogP contribution in [0.1, 0.15) is 55.8 Å². The first-order valence-corrected chi connectivity index (χ1v) is 8.99. The number of esters is 1. The lowest BCUT2D eigenvalue weighted by molar-refractivity contribution is 0.0599. The van der Waals surface area contributed by atoms with Gasteiger partial charge >= 0.3 is 11.9 Å². The Balaban J connectivity index is 1.77. The van der Waals surface area contributed by atoms with Gasteiger partial charge < -0.3 is 15.2 Å². The predicted octanol–water partition coefficient (Wildman–Crippen LogP) is 4.31. The van der Waals surface area contributed by atoms with Crippen molar-refractivity contribution >= 4 is 17.6 Å². The molecule has 0 aromatic heterocycles. The summed E-state index contributed by atoms with van der Waals surface area (Å²) < 4.78 is 4.91. The van der Waals surface area contributed by atoms with Crippen molar-refractivity contribution in [2.75, 3.05) is 12.4 Å². The molecule has 2 N–H and O–H groups in total. The van der Waals surface area contributed by atoms with Crippen molar-refractivity contribution in [2.45, 2.75) is 25.3 Å². The van der Waals surface area contributed by atoms with E-state index in [-0.39, 0.29) is 23.5 Å². The van der Waals surface area contributed by atoms with Gasteiger partial charge in [0, 0.05) is 11.6 Å². The molecule has 0 saturated carbocycles. The molecule has 4 rings (SSSR count). The van der Waals surface area contributed by atoms with E-state index in [1.807, 2.05) is 31.2 Å². The van der Waals surface area contributed by atoms with Crippen molar-refractivity contribution in [3.8, 4) is 0 Å². The maximum absolute atomic E-state index is 12.1. The van der Waals surface area contributed by atoms with Crippen LogP contribution in [-0.2, 0) is 4.74 Å². The lowest BCUT2D eigenvalue weighted by atomic mass is 9.76. The fraction of sp³-hybridized carbons (Fsp3) is 0.273. The van der Waals surface area contributed by atoms with E-state index in [0.29, 0.717) is 11.5 Å². The fourth-order valence-corrected chi connectivity index (χ4v) is 4.31. The number of allylic oxidation sites excluding steroid dienone is 2. The van der Waals surface area contributed by atoms with E-state index in [4.69, 9.17) is 9.84 Å². The third-order valence-corrected chi connectivity index (χ3v) is 5.72. The molecule has 3 atom stereocenters. The van der Waals surface area contributed by atoms with Gasteiger partial charge in [-0.25, -0.2) is 9.59 Å². The van der Waals surface area contributed by atoms with E-state index < -0.39 is 5.97 Å². The Kier molecular flexibility index (Phi) is 4.22. The second-order valence-electron chi connectivity index (χ2n) is 7.10. The Morgan fingerprint density at radius 3 is 2.56 bits per heavy atom. The number of fused-ring (bicyclic) bond motifs is 3. The number of carboxylic acid groups (broad SMARTS) is 1. The summed E-state index contributed by atoms with van der Waals surface area (Å²) in [7, 11) is 1.39. The van der Waals surface area contributed by atoms with Crippen LogP contribution in [0, 0.1) is 12.8 Å². The van der Waals surface area contributed by atoms with Crippen molar-refractivity contribution < 1.29 is 19.4 Å². The molecule has 2 aromatic rings. The second kappa shape index (κ2) is 6.58. The number of carbonyl (C=O) groups is 2. The van der Waals surface area contributed by atoms with Crippen LogP contribution >= 0.6 is 0 Å². The van der Waals surface area contributed by atoms with Gasteiger partial charge in [-0.3, -0.25) is 0 Å². The van der Waals surface area contributed by atoms with Crippen LogP contribution in [0.5, 0.6) is 0 Å². The SMILES string of the molecule is COC(=O)c1ccc2c(c1C)NC(c1ccc(C(=O)O)cc1)C1CC=CC21. The lowest BCUT2D eigenvalue weighted by Gasteiger charge is -2.38. The summed E-state index contributed by atoms with van der Waals surface area (Å²) in [6.07, 6.45) is 5.40. The molecule has 138 valence electrons. The smallest absolute Gasteiger partial charge is 0.338 e. The minimum Gasteiger partial charge on any atom is -0.478 e. The molecule has 1 heterocycles. The average molecular weight is 363 g/mol. The fourth-order valence-electron chi connectivity index (χ4n) is 4.31. The standard InChI is InChI=1S/C22H21NO4/c1-12-15(22(26)27-2)10-11-18-16-4-3-5-17(16)20(23-19(12)18)13-6-8-14(9-7-13)21(24)25/h3-4,6-11,16-17,20,23H,5H2,1-2H3,(H,24,25). The van der Waals surface area contributed by atoms with Crippen LogP contribution in [0.4, 0.5) is 5.69 Å². The summed E-state index contributed by atoms with van der Waals surface area (Å²) in [5, 5.41) is 12.8. The molecule has 2 aliphatic rings. The number of carbonyl (C=O) groups excluding carboxylic acids is 1. The Hall–Kier alpha value is -3.08. The molecule has 2 aromatic carbocycles. The van der Waals surface area contributed by atoms with Gasteiger partial charge in [-0.05, 0) is 54.2 Å². The minimum atomic E-state index is -0.928. The molecule has 0 spiro atoms. The van der Waals surface area contributed by atoms with Gasteiger partial charge in [0.1, 0.15) is 0 Å². The highest BCUT2D eigenvalue weighted by molar-refractivity contribution is 5.93. The van der Waals surface area contributed by atoms with Crippen molar-refractivity contribution in [3.05, 3.63) is 76.4 Å². The number of hydrogen-bond donors (Lipinski definition) is 2. The Morgan fingerprint density at radius 2 is 1.89 bits per heavy atom.